The van der Waals surface area contributed by atoms with E-state index in [2.05, 4.69) is 44.3 Å². The van der Waals surface area contributed by atoms with E-state index in [0.29, 0.717) is 31.0 Å². The Balaban J connectivity index is 1.70. The number of rotatable bonds is 11. The maximum Gasteiger partial charge on any atom is 0.248 e. The number of aromatic hydroxyl groups is 1. The molecule has 0 saturated carbocycles. The number of halogens is 1. The predicted molar refractivity (Wildman–Crippen MR) is 150 cm³/mol. The number of aryl methyl sites for hydroxylation is 1. The van der Waals surface area contributed by atoms with Crippen LogP contribution in [-0.4, -0.2) is 40.3 Å². The largest absolute Gasteiger partial charge is 0.494 e. The number of hydrogen-bond acceptors (Lipinski definition) is 5. The standard InChI is InChI=1S/C28H41FN4O4Si/c1-19(2)16-22(33-18-21(17-25(33)34)37-23-11-9-10-20(3)26(23)29)27(35)30-24-12-13-32(31-24)14-15-36-38(7,8)28(4,5)6/h9-13,17-19,22,34H,14-16H2,1-8H3,(H,30,31,35)/t22-/m0/s1. The van der Waals surface area contributed by atoms with E-state index in [1.54, 1.807) is 36.0 Å². The van der Waals surface area contributed by atoms with Crippen LogP contribution in [-0.2, 0) is 15.8 Å². The molecule has 0 spiro atoms. The van der Waals surface area contributed by atoms with E-state index in [9.17, 15) is 14.3 Å². The van der Waals surface area contributed by atoms with Gasteiger partial charge in [0.1, 0.15) is 11.8 Å². The van der Waals surface area contributed by atoms with Gasteiger partial charge in [-0.25, -0.2) is 4.39 Å². The highest BCUT2D eigenvalue weighted by Gasteiger charge is 2.37. The zero-order chi connectivity index (χ0) is 28.3. The Labute approximate surface area is 225 Å². The molecule has 0 saturated heterocycles. The number of amides is 1. The first-order valence-corrected chi connectivity index (χ1v) is 15.9. The van der Waals surface area contributed by atoms with Gasteiger partial charge in [-0.3, -0.25) is 9.48 Å². The van der Waals surface area contributed by atoms with Crippen LogP contribution in [0.3, 0.4) is 0 Å². The molecule has 2 heterocycles. The third kappa shape index (κ3) is 7.26. The number of hydrogen-bond donors (Lipinski definition) is 2. The lowest BCUT2D eigenvalue weighted by Crippen LogP contribution is -2.41. The zero-order valence-corrected chi connectivity index (χ0v) is 24.7. The Kier molecular flexibility index (Phi) is 9.09. The number of nitrogens with one attached hydrogen (secondary N) is 1. The molecule has 0 fully saturated rings. The average Bonchev–Trinajstić information content (AvgIpc) is 3.40. The fourth-order valence-corrected chi connectivity index (χ4v) is 4.78. The SMILES string of the molecule is Cc1cccc(Oc2cc(O)n([C@@H](CC(C)C)C(=O)Nc3ccn(CCO[Si](C)(C)C(C)(C)C)n3)c2)c1F. The Morgan fingerprint density at radius 1 is 1.24 bits per heavy atom. The molecule has 0 unspecified atom stereocenters. The maximum atomic E-state index is 14.4. The Morgan fingerprint density at radius 3 is 2.61 bits per heavy atom. The van der Waals surface area contributed by atoms with Gasteiger partial charge in [0.05, 0.1) is 19.3 Å². The van der Waals surface area contributed by atoms with E-state index in [1.807, 2.05) is 13.8 Å². The molecular weight excluding hydrogens is 503 g/mol. The fourth-order valence-electron chi connectivity index (χ4n) is 3.74. The highest BCUT2D eigenvalue weighted by Crippen LogP contribution is 2.36. The topological polar surface area (TPSA) is 90.5 Å². The molecule has 0 aliphatic rings. The molecular formula is C28H41FN4O4Si. The van der Waals surface area contributed by atoms with Crippen molar-refractivity contribution in [1.82, 2.24) is 14.3 Å². The molecule has 38 heavy (non-hydrogen) atoms. The minimum atomic E-state index is -1.85. The van der Waals surface area contributed by atoms with Crippen LogP contribution in [0.1, 0.15) is 52.6 Å². The second-order valence-electron chi connectivity index (χ2n) is 11.6. The first kappa shape index (κ1) is 29.4. The van der Waals surface area contributed by atoms with Crippen LogP contribution in [0.4, 0.5) is 10.2 Å². The summed E-state index contributed by atoms with van der Waals surface area (Å²) in [5, 5.41) is 18.1. The van der Waals surface area contributed by atoms with Crippen molar-refractivity contribution in [3.8, 4) is 17.4 Å². The van der Waals surface area contributed by atoms with Gasteiger partial charge in [-0.15, -0.1) is 0 Å². The number of benzene rings is 1. The lowest BCUT2D eigenvalue weighted by atomic mass is 10.0. The van der Waals surface area contributed by atoms with Gasteiger partial charge in [-0.2, -0.15) is 5.10 Å². The van der Waals surface area contributed by atoms with Gasteiger partial charge in [0.2, 0.25) is 5.91 Å². The molecule has 208 valence electrons. The van der Waals surface area contributed by atoms with Crippen LogP contribution in [0.2, 0.25) is 18.1 Å². The number of anilines is 1. The number of carbonyl (C=O) groups excluding carboxylic acids is 1. The summed E-state index contributed by atoms with van der Waals surface area (Å²) in [5.41, 5.74) is 0.453. The van der Waals surface area contributed by atoms with Gasteiger partial charge >= 0.3 is 0 Å². The molecule has 1 atom stereocenters. The first-order chi connectivity index (χ1) is 17.7. The number of aromatic nitrogens is 3. The van der Waals surface area contributed by atoms with Crippen molar-refractivity contribution in [2.45, 2.75) is 78.7 Å². The van der Waals surface area contributed by atoms with Crippen molar-refractivity contribution in [3.63, 3.8) is 0 Å². The molecule has 0 bridgehead atoms. The average molecular weight is 545 g/mol. The summed E-state index contributed by atoms with van der Waals surface area (Å²) in [6.07, 6.45) is 3.78. The summed E-state index contributed by atoms with van der Waals surface area (Å²) < 4.78 is 29.5. The van der Waals surface area contributed by atoms with Crippen LogP contribution < -0.4 is 10.1 Å². The van der Waals surface area contributed by atoms with E-state index in [0.717, 1.165) is 0 Å². The van der Waals surface area contributed by atoms with E-state index >= 15 is 0 Å². The molecule has 0 aliphatic carbocycles. The third-order valence-corrected chi connectivity index (χ3v) is 11.5. The lowest BCUT2D eigenvalue weighted by molar-refractivity contribution is -0.119. The molecule has 3 aromatic rings. The molecule has 0 aliphatic heterocycles. The maximum absolute atomic E-state index is 14.4. The Morgan fingerprint density at radius 2 is 1.95 bits per heavy atom. The monoisotopic (exact) mass is 544 g/mol. The second kappa shape index (κ2) is 11.7. The molecule has 2 N–H and O–H groups in total. The molecule has 10 heteroatoms. The van der Waals surface area contributed by atoms with Gasteiger partial charge < -0.3 is 24.2 Å². The summed E-state index contributed by atoms with van der Waals surface area (Å²) in [7, 11) is -1.85. The van der Waals surface area contributed by atoms with E-state index < -0.39 is 20.2 Å². The van der Waals surface area contributed by atoms with Gasteiger partial charge in [0.25, 0.3) is 0 Å². The minimum absolute atomic E-state index is 0.0510. The van der Waals surface area contributed by atoms with Crippen molar-refractivity contribution < 1.29 is 23.5 Å². The Hall–Kier alpha value is -3.11. The molecule has 1 aromatic carbocycles. The lowest BCUT2D eigenvalue weighted by Gasteiger charge is -2.36. The number of ether oxygens (including phenoxy) is 1. The predicted octanol–water partition coefficient (Wildman–Crippen LogP) is 6.88. The van der Waals surface area contributed by atoms with Gasteiger partial charge in [0.15, 0.2) is 31.6 Å². The second-order valence-corrected chi connectivity index (χ2v) is 16.4. The van der Waals surface area contributed by atoms with Crippen molar-refractivity contribution in [2.75, 3.05) is 11.9 Å². The molecule has 8 nitrogen and oxygen atoms in total. The number of carbonyl (C=O) groups is 1. The van der Waals surface area contributed by atoms with Crippen molar-refractivity contribution >= 4 is 20.0 Å². The van der Waals surface area contributed by atoms with Gasteiger partial charge in [-0.1, -0.05) is 46.8 Å². The summed E-state index contributed by atoms with van der Waals surface area (Å²) in [6.45, 7) is 17.8. The summed E-state index contributed by atoms with van der Waals surface area (Å²) >= 11 is 0. The van der Waals surface area contributed by atoms with Crippen LogP contribution >= 0.6 is 0 Å². The van der Waals surface area contributed by atoms with Gasteiger partial charge in [0, 0.05) is 18.3 Å². The van der Waals surface area contributed by atoms with Crippen LogP contribution in [0, 0.1) is 18.7 Å². The van der Waals surface area contributed by atoms with E-state index in [1.165, 1.54) is 22.9 Å². The summed E-state index contributed by atoms with van der Waals surface area (Å²) in [4.78, 5) is 13.3. The third-order valence-electron chi connectivity index (χ3n) is 7.00. The summed E-state index contributed by atoms with van der Waals surface area (Å²) in [5.74, 6) is -0.0730. The van der Waals surface area contributed by atoms with Gasteiger partial charge in [-0.05, 0) is 49.0 Å². The smallest absolute Gasteiger partial charge is 0.248 e. The van der Waals surface area contributed by atoms with Crippen LogP contribution in [0.5, 0.6) is 17.4 Å². The quantitative estimate of drug-likeness (QED) is 0.257. The zero-order valence-electron chi connectivity index (χ0n) is 23.7. The van der Waals surface area contributed by atoms with E-state index in [4.69, 9.17) is 9.16 Å². The highest BCUT2D eigenvalue weighted by atomic mass is 28.4. The minimum Gasteiger partial charge on any atom is -0.494 e. The van der Waals surface area contributed by atoms with Crippen molar-refractivity contribution in [2.24, 2.45) is 5.92 Å². The van der Waals surface area contributed by atoms with E-state index in [-0.39, 0.29) is 34.2 Å². The highest BCUT2D eigenvalue weighted by molar-refractivity contribution is 6.74. The molecule has 1 amide bonds. The van der Waals surface area contributed by atoms with Crippen LogP contribution in [0.15, 0.2) is 42.7 Å². The van der Waals surface area contributed by atoms with Crippen molar-refractivity contribution in [3.05, 3.63) is 54.1 Å². The molecule has 2 aromatic heterocycles. The first-order valence-electron chi connectivity index (χ1n) is 13.0. The normalized spacial score (nSPS) is 13.1. The molecule has 0 radical (unpaired) electrons. The molecule has 3 rings (SSSR count). The fraction of sp³-hybridized carbons (Fsp3) is 0.500. The Bertz CT molecular complexity index is 1250. The van der Waals surface area contributed by atoms with Crippen LogP contribution in [0.25, 0.3) is 0 Å². The van der Waals surface area contributed by atoms with Crippen molar-refractivity contribution in [1.29, 1.82) is 0 Å². The summed E-state index contributed by atoms with van der Waals surface area (Å²) in [6, 6.07) is 7.25. The number of nitrogens with zero attached hydrogens (tertiary/aromatic N) is 3.